The van der Waals surface area contributed by atoms with Crippen molar-refractivity contribution in [2.24, 2.45) is 0 Å². The van der Waals surface area contributed by atoms with Crippen molar-refractivity contribution in [3.05, 3.63) is 107 Å². The molecule has 0 spiro atoms. The Morgan fingerprint density at radius 1 is 1.08 bits per heavy atom. The first-order valence-corrected chi connectivity index (χ1v) is 12.5. The molecule has 0 radical (unpaired) electrons. The minimum atomic E-state index is -0.273. The van der Waals surface area contributed by atoms with Gasteiger partial charge in [-0.1, -0.05) is 48.0 Å². The maximum Gasteiger partial charge on any atom is 0.226 e. The highest BCUT2D eigenvalue weighted by Gasteiger charge is 2.41. The van der Waals surface area contributed by atoms with Gasteiger partial charge in [0.05, 0.1) is 11.7 Å². The van der Waals surface area contributed by atoms with Crippen molar-refractivity contribution < 1.29 is 9.21 Å². The van der Waals surface area contributed by atoms with Crippen molar-refractivity contribution in [3.8, 4) is 11.3 Å². The van der Waals surface area contributed by atoms with Crippen LogP contribution < -0.4 is 10.6 Å². The van der Waals surface area contributed by atoms with E-state index in [2.05, 4.69) is 15.6 Å². The van der Waals surface area contributed by atoms with Crippen LogP contribution in [-0.2, 0) is 4.79 Å². The second-order valence-corrected chi connectivity index (χ2v) is 9.39. The first kappa shape index (κ1) is 24.0. The molecule has 2 atom stereocenters. The summed E-state index contributed by atoms with van der Waals surface area (Å²) >= 11 is 12.1. The van der Waals surface area contributed by atoms with E-state index in [1.54, 1.807) is 6.20 Å². The van der Waals surface area contributed by atoms with Gasteiger partial charge in [-0.15, -0.1) is 0 Å². The molecule has 3 heterocycles. The molecule has 8 heteroatoms. The van der Waals surface area contributed by atoms with E-state index in [9.17, 15) is 4.79 Å². The zero-order valence-corrected chi connectivity index (χ0v) is 21.2. The summed E-state index contributed by atoms with van der Waals surface area (Å²) in [6.07, 6.45) is 2.03. The Hall–Kier alpha value is -3.68. The first-order valence-electron chi connectivity index (χ1n) is 11.7. The maximum absolute atomic E-state index is 12.7. The summed E-state index contributed by atoms with van der Waals surface area (Å²) in [7, 11) is 0. The molecule has 36 heavy (non-hydrogen) atoms. The van der Waals surface area contributed by atoms with Gasteiger partial charge in [0.25, 0.3) is 0 Å². The maximum atomic E-state index is 12.7. The van der Waals surface area contributed by atoms with Gasteiger partial charge < -0.3 is 20.0 Å². The number of aromatic nitrogens is 1. The molecule has 2 aromatic carbocycles. The number of amides is 1. The van der Waals surface area contributed by atoms with Crippen molar-refractivity contribution in [2.75, 3.05) is 11.9 Å². The van der Waals surface area contributed by atoms with Gasteiger partial charge in [-0.05, 0) is 67.2 Å². The topological polar surface area (TPSA) is 70.4 Å². The average molecular weight is 517 g/mol. The monoisotopic (exact) mass is 516 g/mol. The van der Waals surface area contributed by atoms with Crippen LogP contribution in [0, 0.1) is 6.92 Å². The second kappa shape index (κ2) is 10.5. The molecule has 0 unspecified atom stereocenters. The number of hydrogen-bond acceptors (Lipinski definition) is 4. The summed E-state index contributed by atoms with van der Waals surface area (Å²) in [5.41, 5.74) is 3.50. The Kier molecular flexibility index (Phi) is 7.02. The second-order valence-electron chi connectivity index (χ2n) is 8.60. The van der Waals surface area contributed by atoms with Crippen LogP contribution in [0.5, 0.6) is 0 Å². The molecule has 6 nitrogen and oxygen atoms in total. The normalized spacial score (nSPS) is 17.2. The van der Waals surface area contributed by atoms with Crippen molar-refractivity contribution in [3.63, 3.8) is 0 Å². The predicted octanol–water partition coefficient (Wildman–Crippen LogP) is 6.30. The van der Waals surface area contributed by atoms with Crippen LogP contribution in [0.25, 0.3) is 11.3 Å². The van der Waals surface area contributed by atoms with E-state index in [1.165, 1.54) is 0 Å². The lowest BCUT2D eigenvalue weighted by atomic mass is 10.0. The number of furan rings is 1. The number of benzene rings is 2. The fourth-order valence-electron chi connectivity index (χ4n) is 4.45. The number of para-hydroxylation sites is 1. The van der Waals surface area contributed by atoms with E-state index < -0.39 is 0 Å². The highest BCUT2D eigenvalue weighted by atomic mass is 35.5. The van der Waals surface area contributed by atoms with Crippen LogP contribution in [0.1, 0.15) is 35.5 Å². The van der Waals surface area contributed by atoms with E-state index in [0.717, 1.165) is 34.0 Å². The molecular weight excluding hydrogens is 492 g/mol. The third-order valence-electron chi connectivity index (χ3n) is 6.29. The van der Waals surface area contributed by atoms with Gasteiger partial charge in [0.1, 0.15) is 17.6 Å². The lowest BCUT2D eigenvalue weighted by Gasteiger charge is -2.25. The van der Waals surface area contributed by atoms with Crippen LogP contribution >= 0.6 is 23.8 Å². The molecule has 0 aliphatic carbocycles. The van der Waals surface area contributed by atoms with E-state index in [1.807, 2.05) is 90.7 Å². The Balaban J connectivity index is 1.42. The van der Waals surface area contributed by atoms with Crippen LogP contribution in [0.15, 0.2) is 89.5 Å². The number of hydrogen-bond donors (Lipinski definition) is 2. The third-order valence-corrected chi connectivity index (χ3v) is 7.05. The largest absolute Gasteiger partial charge is 0.459 e. The average Bonchev–Trinajstić information content (AvgIpc) is 3.50. The van der Waals surface area contributed by atoms with Gasteiger partial charge >= 0.3 is 0 Å². The molecule has 4 aromatic rings. The Labute approximate surface area is 220 Å². The third kappa shape index (κ3) is 4.98. The van der Waals surface area contributed by atoms with E-state index in [0.29, 0.717) is 16.7 Å². The molecular formula is C28H25ClN4O2S. The quantitative estimate of drug-likeness (QED) is 0.281. The van der Waals surface area contributed by atoms with Crippen LogP contribution in [0.4, 0.5) is 5.69 Å². The Morgan fingerprint density at radius 3 is 2.67 bits per heavy atom. The molecule has 1 aliphatic heterocycles. The smallest absolute Gasteiger partial charge is 0.226 e. The van der Waals surface area contributed by atoms with Crippen molar-refractivity contribution >= 4 is 40.5 Å². The number of halogens is 1. The highest BCUT2D eigenvalue weighted by Crippen LogP contribution is 2.41. The fourth-order valence-corrected chi connectivity index (χ4v) is 4.96. The Morgan fingerprint density at radius 2 is 1.89 bits per heavy atom. The van der Waals surface area contributed by atoms with Gasteiger partial charge in [-0.2, -0.15) is 0 Å². The molecule has 2 N–H and O–H groups in total. The minimum Gasteiger partial charge on any atom is -0.459 e. The number of carbonyl (C=O) groups is 1. The number of pyridine rings is 1. The molecule has 0 saturated carbocycles. The molecule has 1 amide bonds. The Bertz CT molecular complexity index is 1380. The molecule has 1 saturated heterocycles. The van der Waals surface area contributed by atoms with Gasteiger partial charge in [-0.25, -0.2) is 0 Å². The van der Waals surface area contributed by atoms with Crippen LogP contribution in [0.3, 0.4) is 0 Å². The van der Waals surface area contributed by atoms with E-state index >= 15 is 0 Å². The molecule has 0 bridgehead atoms. The number of rotatable bonds is 7. The van der Waals surface area contributed by atoms with Gasteiger partial charge in [0.2, 0.25) is 5.91 Å². The van der Waals surface area contributed by atoms with Crippen molar-refractivity contribution in [2.45, 2.75) is 25.4 Å². The standard InChI is InChI=1S/C28H25ClN4O2S/c1-18-20(10-7-11-21(18)29)23-13-14-24(35-23)27-26(22-12-5-6-16-30-22)32-28(36)33(27)17-15-25(34)31-19-8-3-2-4-9-19/h2-14,16,26-27H,15,17H2,1H3,(H,31,34)(H,32,36)/t26-,27-/m1/s1. The first-order chi connectivity index (χ1) is 17.5. The number of carbonyl (C=O) groups excluding carboxylic acids is 1. The van der Waals surface area contributed by atoms with Gasteiger partial charge in [-0.3, -0.25) is 9.78 Å². The van der Waals surface area contributed by atoms with Crippen LogP contribution in [-0.4, -0.2) is 27.4 Å². The number of nitrogens with zero attached hydrogens (tertiary/aromatic N) is 2. The van der Waals surface area contributed by atoms with Crippen molar-refractivity contribution in [1.82, 2.24) is 15.2 Å². The minimum absolute atomic E-state index is 0.0845. The summed E-state index contributed by atoms with van der Waals surface area (Å²) < 4.78 is 6.39. The van der Waals surface area contributed by atoms with Crippen molar-refractivity contribution in [1.29, 1.82) is 0 Å². The molecule has 1 fully saturated rings. The molecule has 5 rings (SSSR count). The lowest BCUT2D eigenvalue weighted by Crippen LogP contribution is -2.32. The number of anilines is 1. The van der Waals surface area contributed by atoms with Gasteiger partial charge in [0, 0.05) is 35.4 Å². The number of nitrogens with one attached hydrogen (secondary N) is 2. The lowest BCUT2D eigenvalue weighted by molar-refractivity contribution is -0.116. The van der Waals surface area contributed by atoms with Crippen LogP contribution in [0.2, 0.25) is 5.02 Å². The van der Waals surface area contributed by atoms with Gasteiger partial charge in [0.15, 0.2) is 5.11 Å². The number of thiocarbonyl (C=S) groups is 1. The molecule has 182 valence electrons. The summed E-state index contributed by atoms with van der Waals surface area (Å²) in [5.74, 6) is 1.37. The predicted molar refractivity (Wildman–Crippen MR) is 146 cm³/mol. The highest BCUT2D eigenvalue weighted by molar-refractivity contribution is 7.80. The fraction of sp³-hybridized carbons (Fsp3) is 0.179. The zero-order valence-electron chi connectivity index (χ0n) is 19.6. The summed E-state index contributed by atoms with van der Waals surface area (Å²) in [6, 6.07) is 24.4. The molecule has 2 aromatic heterocycles. The summed E-state index contributed by atoms with van der Waals surface area (Å²) in [6.45, 7) is 2.39. The van der Waals surface area contributed by atoms with E-state index in [4.69, 9.17) is 28.2 Å². The van der Waals surface area contributed by atoms with E-state index in [-0.39, 0.29) is 24.4 Å². The SMILES string of the molecule is Cc1c(Cl)cccc1-c1ccc([C@@H]2[C@@H](c3ccccn3)NC(=S)N2CCC(=O)Nc2ccccc2)o1. The summed E-state index contributed by atoms with van der Waals surface area (Å²) in [4.78, 5) is 19.2. The zero-order chi connectivity index (χ0) is 25.1. The molecule has 1 aliphatic rings. The summed E-state index contributed by atoms with van der Waals surface area (Å²) in [5, 5.41) is 7.57.